The highest BCUT2D eigenvalue weighted by molar-refractivity contribution is 5.68. The Kier molecular flexibility index (Phi) is 19.3. The van der Waals surface area contributed by atoms with Crippen molar-refractivity contribution in [3.8, 4) is 23.0 Å². The second kappa shape index (κ2) is 25.5. The van der Waals surface area contributed by atoms with Gasteiger partial charge in [-0.1, -0.05) is 48.5 Å². The van der Waals surface area contributed by atoms with Crippen molar-refractivity contribution in [3.05, 3.63) is 119 Å². The predicted octanol–water partition coefficient (Wildman–Crippen LogP) is 5.25. The van der Waals surface area contributed by atoms with Crippen molar-refractivity contribution < 1.29 is 85.8 Å². The molecule has 0 radical (unpaired) electrons. The van der Waals surface area contributed by atoms with Gasteiger partial charge in [0.25, 0.3) is 0 Å². The van der Waals surface area contributed by atoms with Crippen LogP contribution in [-0.4, -0.2) is 126 Å². The molecule has 0 bridgehead atoms. The van der Waals surface area contributed by atoms with Gasteiger partial charge in [0.1, 0.15) is 53.5 Å². The number of hydrogen-bond acceptors (Lipinski definition) is 18. The van der Waals surface area contributed by atoms with Crippen molar-refractivity contribution >= 4 is 17.9 Å². The second-order valence-corrected chi connectivity index (χ2v) is 15.9. The summed E-state index contributed by atoms with van der Waals surface area (Å²) in [6, 6.07) is 29.6. The highest BCUT2D eigenvalue weighted by atomic mass is 16.7. The van der Waals surface area contributed by atoms with E-state index in [2.05, 4.69) is 0 Å². The van der Waals surface area contributed by atoms with E-state index in [1.54, 1.807) is 28.4 Å². The van der Waals surface area contributed by atoms with Gasteiger partial charge in [-0.3, -0.25) is 14.4 Å². The Morgan fingerprint density at radius 2 is 0.794 bits per heavy atom. The zero-order valence-electron chi connectivity index (χ0n) is 39.1. The zero-order valence-corrected chi connectivity index (χ0v) is 39.1. The average molecular weight is 949 g/mol. The number of aliphatic hydroxyl groups is 1. The van der Waals surface area contributed by atoms with Gasteiger partial charge in [0.05, 0.1) is 68.1 Å². The summed E-state index contributed by atoms with van der Waals surface area (Å²) in [6.07, 6.45) is -12.6. The molecular formula is C50H60O18. The van der Waals surface area contributed by atoms with Crippen molar-refractivity contribution in [1.29, 1.82) is 0 Å². The van der Waals surface area contributed by atoms with Gasteiger partial charge in [-0.15, -0.1) is 0 Å². The molecular weight excluding hydrogens is 889 g/mol. The molecule has 2 aliphatic heterocycles. The molecule has 4 aromatic carbocycles. The van der Waals surface area contributed by atoms with E-state index >= 15 is 0 Å². The first-order chi connectivity index (χ1) is 32.9. The molecule has 2 aliphatic rings. The first-order valence-corrected chi connectivity index (χ1v) is 21.9. The number of benzene rings is 4. The maximum Gasteiger partial charge on any atom is 0.303 e. The van der Waals surface area contributed by atoms with Gasteiger partial charge < -0.3 is 71.4 Å². The normalized spacial score (nSPS) is 24.6. The summed E-state index contributed by atoms with van der Waals surface area (Å²) >= 11 is 0. The summed E-state index contributed by atoms with van der Waals surface area (Å²) in [4.78, 5) is 37.0. The van der Waals surface area contributed by atoms with Crippen LogP contribution in [0.5, 0.6) is 23.0 Å². The van der Waals surface area contributed by atoms with E-state index in [1.165, 1.54) is 0 Å². The van der Waals surface area contributed by atoms with E-state index < -0.39 is 85.9 Å². The molecule has 6 rings (SSSR count). The largest absolute Gasteiger partial charge is 0.497 e. The molecule has 0 saturated carbocycles. The Bertz CT molecular complexity index is 2170. The topological polar surface area (TPSA) is 201 Å². The molecule has 4 aromatic rings. The number of carbonyl (C=O) groups is 3. The fraction of sp³-hybridized carbons (Fsp3) is 0.460. The summed E-state index contributed by atoms with van der Waals surface area (Å²) < 4.78 is 84.0. The van der Waals surface area contributed by atoms with E-state index in [-0.39, 0.29) is 33.0 Å². The lowest BCUT2D eigenvalue weighted by atomic mass is 9.97. The lowest BCUT2D eigenvalue weighted by Gasteiger charge is -2.47. The summed E-state index contributed by atoms with van der Waals surface area (Å²) in [5, 5.41) is 11.2. The van der Waals surface area contributed by atoms with Crippen LogP contribution >= 0.6 is 0 Å². The number of aliphatic hydroxyl groups excluding tert-OH is 1. The first kappa shape index (κ1) is 51.6. The molecule has 2 fully saturated rings. The zero-order chi connectivity index (χ0) is 48.6. The fourth-order valence-corrected chi connectivity index (χ4v) is 7.67. The van der Waals surface area contributed by atoms with E-state index in [1.807, 2.05) is 97.1 Å². The van der Waals surface area contributed by atoms with Crippen molar-refractivity contribution in [2.45, 2.75) is 109 Å². The first-order valence-electron chi connectivity index (χ1n) is 21.9. The third kappa shape index (κ3) is 14.6. The van der Waals surface area contributed by atoms with E-state index in [0.29, 0.717) is 23.0 Å². The molecule has 0 amide bonds. The molecule has 2 saturated heterocycles. The van der Waals surface area contributed by atoms with Crippen molar-refractivity contribution in [3.63, 3.8) is 0 Å². The number of carbonyl (C=O) groups excluding carboxylic acids is 3. The van der Waals surface area contributed by atoms with E-state index in [9.17, 15) is 19.5 Å². The van der Waals surface area contributed by atoms with Crippen LogP contribution in [0.4, 0.5) is 0 Å². The lowest BCUT2D eigenvalue weighted by molar-refractivity contribution is -0.343. The third-order valence-corrected chi connectivity index (χ3v) is 11.0. The Balaban J connectivity index is 1.37. The van der Waals surface area contributed by atoms with Crippen molar-refractivity contribution in [1.82, 2.24) is 0 Å². The fourth-order valence-electron chi connectivity index (χ4n) is 7.67. The SMILES string of the molecule is COc1ccc(COC[C@H]2O[C@H](OC[C@H]3O[C@H](O)[C@H](OC(C)=O)[C@@H](OC(C)=O)[C@@H]3OC(C)=O)[C@H](OCc3ccc(OC)cc3)[C@@H](OCc3ccc(OC)cc3)[C@@H]2OCc2ccc(OC)cc2)cc1. The van der Waals surface area contributed by atoms with E-state index in [4.69, 9.17) is 66.3 Å². The minimum Gasteiger partial charge on any atom is -0.497 e. The maximum atomic E-state index is 12.5. The molecule has 0 aromatic heterocycles. The quantitative estimate of drug-likeness (QED) is 0.0746. The smallest absolute Gasteiger partial charge is 0.303 e. The van der Waals surface area contributed by atoms with Crippen LogP contribution in [0.2, 0.25) is 0 Å². The molecule has 68 heavy (non-hydrogen) atoms. The van der Waals surface area contributed by atoms with Crippen LogP contribution in [-0.2, 0) is 88.2 Å². The van der Waals surface area contributed by atoms with Crippen LogP contribution in [0.3, 0.4) is 0 Å². The van der Waals surface area contributed by atoms with Gasteiger partial charge in [0.2, 0.25) is 0 Å². The number of rotatable bonds is 23. The molecule has 1 N–H and O–H groups in total. The Morgan fingerprint density at radius 3 is 1.22 bits per heavy atom. The Labute approximate surface area is 395 Å². The van der Waals surface area contributed by atoms with Gasteiger partial charge in [0, 0.05) is 20.8 Å². The van der Waals surface area contributed by atoms with Crippen LogP contribution in [0.25, 0.3) is 0 Å². The number of ether oxygens (including phenoxy) is 14. The Hall–Kier alpha value is -5.83. The molecule has 18 heteroatoms. The Morgan fingerprint density at radius 1 is 0.426 bits per heavy atom. The number of hydrogen-bond donors (Lipinski definition) is 1. The van der Waals surface area contributed by atoms with Gasteiger partial charge >= 0.3 is 17.9 Å². The van der Waals surface area contributed by atoms with Crippen molar-refractivity contribution in [2.75, 3.05) is 41.7 Å². The van der Waals surface area contributed by atoms with Crippen LogP contribution in [0.15, 0.2) is 97.1 Å². The summed E-state index contributed by atoms with van der Waals surface area (Å²) in [7, 11) is 6.34. The van der Waals surface area contributed by atoms with Gasteiger partial charge in [-0.2, -0.15) is 0 Å². The highest BCUT2D eigenvalue weighted by Crippen LogP contribution is 2.34. The molecule has 0 unspecified atom stereocenters. The number of methoxy groups -OCH3 is 4. The van der Waals surface area contributed by atoms with Gasteiger partial charge in [-0.05, 0) is 70.8 Å². The maximum absolute atomic E-state index is 12.5. The van der Waals surface area contributed by atoms with Gasteiger partial charge in [-0.25, -0.2) is 0 Å². The molecule has 0 spiro atoms. The molecule has 0 aliphatic carbocycles. The monoisotopic (exact) mass is 948 g/mol. The van der Waals surface area contributed by atoms with Crippen LogP contribution in [0.1, 0.15) is 43.0 Å². The van der Waals surface area contributed by atoms with Gasteiger partial charge in [0.15, 0.2) is 30.9 Å². The summed E-state index contributed by atoms with van der Waals surface area (Å²) in [5.74, 6) is 0.325. The molecule has 18 nitrogen and oxygen atoms in total. The minimum absolute atomic E-state index is 0.0138. The average Bonchev–Trinajstić information content (AvgIpc) is 3.34. The molecule has 10 atom stereocenters. The standard InChI is InChI=1S/C50H60O18/c1-30(51)64-44-42(67-49(54)47(66-32(3)53)46(44)65-31(2)52)29-63-50-48(62-27-36-14-22-40(58-7)23-15-36)45(61-26-35-12-20-39(57-6)21-13-35)43(60-25-34-10-18-38(56-5)19-11-34)41(68-50)28-59-24-33-8-16-37(55-4)17-9-33/h8-23,41-50,54H,24-29H2,1-7H3/t41-,42-,43-,44-,45+,46+,47-,48-,49+,50+/m1/s1. The summed E-state index contributed by atoms with van der Waals surface area (Å²) in [6.45, 7) is 3.42. The van der Waals surface area contributed by atoms with Crippen LogP contribution in [0, 0.1) is 0 Å². The molecule has 2 heterocycles. The van der Waals surface area contributed by atoms with Crippen molar-refractivity contribution in [2.24, 2.45) is 0 Å². The third-order valence-electron chi connectivity index (χ3n) is 11.0. The molecule has 368 valence electrons. The number of esters is 3. The van der Waals surface area contributed by atoms with E-state index in [0.717, 1.165) is 43.0 Å². The summed E-state index contributed by atoms with van der Waals surface area (Å²) in [5.41, 5.74) is 3.31. The predicted molar refractivity (Wildman–Crippen MR) is 240 cm³/mol. The minimum atomic E-state index is -1.83. The lowest BCUT2D eigenvalue weighted by Crippen LogP contribution is -2.64. The second-order valence-electron chi connectivity index (χ2n) is 15.9. The van der Waals surface area contributed by atoms with Crippen LogP contribution < -0.4 is 18.9 Å². The highest BCUT2D eigenvalue weighted by Gasteiger charge is 2.53.